The molecule has 3 amide bonds. The highest BCUT2D eigenvalue weighted by Crippen LogP contribution is 2.35. The van der Waals surface area contributed by atoms with Gasteiger partial charge in [0.05, 0.1) is 41.4 Å². The molecule has 3 fully saturated rings. The van der Waals surface area contributed by atoms with Crippen LogP contribution in [0.5, 0.6) is 0 Å². The Morgan fingerprint density at radius 1 is 1.07 bits per heavy atom. The summed E-state index contributed by atoms with van der Waals surface area (Å²) in [6.07, 6.45) is 5.16. The van der Waals surface area contributed by atoms with Crippen LogP contribution < -0.4 is 16.3 Å². The Hall–Kier alpha value is -5.71. The van der Waals surface area contributed by atoms with Crippen molar-refractivity contribution in [3.05, 3.63) is 81.6 Å². The summed E-state index contributed by atoms with van der Waals surface area (Å²) in [6, 6.07) is 6.06. The van der Waals surface area contributed by atoms with E-state index in [0.717, 1.165) is 58.4 Å². The number of imide groups is 1. The molecule has 2 saturated heterocycles. The molecule has 7 rings (SSSR count). The van der Waals surface area contributed by atoms with Crippen LogP contribution in [0.15, 0.2) is 47.7 Å². The molecule has 280 valence electrons. The van der Waals surface area contributed by atoms with Crippen molar-refractivity contribution in [1.82, 2.24) is 39.0 Å². The average molecular weight is 739 g/mol. The maximum absolute atomic E-state index is 13.9. The molecule has 16 heteroatoms. The lowest BCUT2D eigenvalue weighted by Gasteiger charge is -2.37. The Bertz CT molecular complexity index is 2240. The van der Waals surface area contributed by atoms with E-state index in [-0.39, 0.29) is 47.4 Å². The van der Waals surface area contributed by atoms with E-state index in [0.29, 0.717) is 29.1 Å². The minimum absolute atomic E-state index is 0.0422. The lowest BCUT2D eigenvalue weighted by molar-refractivity contribution is -0.135. The van der Waals surface area contributed by atoms with E-state index in [1.165, 1.54) is 33.8 Å². The van der Waals surface area contributed by atoms with Gasteiger partial charge in [0.2, 0.25) is 17.5 Å². The number of hydrogen-bond acceptors (Lipinski definition) is 8. The highest BCUT2D eigenvalue weighted by molar-refractivity contribution is 6.05. The van der Waals surface area contributed by atoms with Gasteiger partial charge in [-0.05, 0) is 56.2 Å². The molecule has 54 heavy (non-hydrogen) atoms. The van der Waals surface area contributed by atoms with Gasteiger partial charge in [0.15, 0.2) is 5.69 Å². The number of anilines is 1. The fourth-order valence-electron chi connectivity index (χ4n) is 7.76. The Labute approximate surface area is 309 Å². The number of rotatable bonds is 8. The third-order valence-electron chi connectivity index (χ3n) is 10.7. The molecule has 0 radical (unpaired) electrons. The SMILES string of the molecule is [C-]#[N+]c1cncc(C(=O)Nc2cn(C3CCC(CN4CCN(CC#Cc5cccc6c5n(C)c(=O)n6C5CCC(=O)NC5=O)CC4)CC3)nc2C(F)F)c1. The second-order valence-corrected chi connectivity index (χ2v) is 14.1. The van der Waals surface area contributed by atoms with Crippen LogP contribution in [0.4, 0.5) is 20.2 Å². The monoisotopic (exact) mass is 738 g/mol. The lowest BCUT2D eigenvalue weighted by Crippen LogP contribution is -2.48. The molecule has 14 nitrogen and oxygen atoms in total. The number of piperazine rings is 1. The fourth-order valence-corrected chi connectivity index (χ4v) is 7.76. The number of alkyl halides is 2. The first kappa shape index (κ1) is 36.6. The van der Waals surface area contributed by atoms with Gasteiger partial charge in [0.25, 0.3) is 12.3 Å². The smallest absolute Gasteiger partial charge is 0.319 e. The number of imidazole rings is 1. The number of aromatic nitrogens is 5. The van der Waals surface area contributed by atoms with Gasteiger partial charge < -0.3 is 10.2 Å². The molecular weight excluding hydrogens is 698 g/mol. The third kappa shape index (κ3) is 7.67. The Kier molecular flexibility index (Phi) is 10.7. The van der Waals surface area contributed by atoms with Crippen LogP contribution in [0.3, 0.4) is 0 Å². The summed E-state index contributed by atoms with van der Waals surface area (Å²) in [5.41, 5.74) is 1.42. The van der Waals surface area contributed by atoms with E-state index in [1.54, 1.807) is 17.8 Å². The number of piperidine rings is 1. The van der Waals surface area contributed by atoms with Crippen molar-refractivity contribution in [2.24, 2.45) is 13.0 Å². The number of carbonyl (C=O) groups excluding carboxylic acids is 3. The van der Waals surface area contributed by atoms with Crippen LogP contribution >= 0.6 is 0 Å². The molecule has 3 aromatic heterocycles. The van der Waals surface area contributed by atoms with Crippen LogP contribution in [-0.2, 0) is 16.6 Å². The number of aryl methyl sites for hydroxylation is 1. The largest absolute Gasteiger partial charge is 0.329 e. The minimum atomic E-state index is -2.86. The van der Waals surface area contributed by atoms with Gasteiger partial charge in [0, 0.05) is 70.3 Å². The first-order valence-electron chi connectivity index (χ1n) is 18.1. The molecular formula is C38H40F2N10O4. The van der Waals surface area contributed by atoms with Gasteiger partial charge in [-0.1, -0.05) is 17.9 Å². The number of amides is 3. The van der Waals surface area contributed by atoms with Crippen molar-refractivity contribution in [3.8, 4) is 11.8 Å². The molecule has 4 aromatic rings. The van der Waals surface area contributed by atoms with Crippen LogP contribution in [0.25, 0.3) is 15.9 Å². The Morgan fingerprint density at radius 2 is 1.83 bits per heavy atom. The van der Waals surface area contributed by atoms with Gasteiger partial charge in [-0.3, -0.25) is 43.4 Å². The van der Waals surface area contributed by atoms with E-state index in [2.05, 4.69) is 47.2 Å². The van der Waals surface area contributed by atoms with Gasteiger partial charge in [0.1, 0.15) is 6.04 Å². The van der Waals surface area contributed by atoms with Gasteiger partial charge in [-0.25, -0.2) is 18.4 Å². The number of nitrogens with zero attached hydrogens (tertiary/aromatic N) is 8. The van der Waals surface area contributed by atoms with Gasteiger partial charge >= 0.3 is 5.69 Å². The highest BCUT2D eigenvalue weighted by Gasteiger charge is 2.32. The molecule has 0 bridgehead atoms. The van der Waals surface area contributed by atoms with Crippen molar-refractivity contribution in [3.63, 3.8) is 0 Å². The first-order valence-corrected chi connectivity index (χ1v) is 18.1. The number of para-hydroxylation sites is 1. The molecule has 5 heterocycles. The molecule has 2 N–H and O–H groups in total. The molecule has 1 saturated carbocycles. The Balaban J connectivity index is 0.900. The first-order chi connectivity index (χ1) is 26.1. The zero-order chi connectivity index (χ0) is 37.9. The van der Waals surface area contributed by atoms with Crippen LogP contribution in [0.1, 0.15) is 78.6 Å². The van der Waals surface area contributed by atoms with E-state index >= 15 is 0 Å². The average Bonchev–Trinajstić information content (AvgIpc) is 3.71. The standard InChI is InChI=1S/C38H40F2N10O4/c1-41-27-19-26(20-42-21-27)36(52)43-29-23-49(45-33(29)35(39)40)28-10-8-24(9-11-28)22-48-17-15-47(16-18-48)14-4-6-25-5-3-7-30-34(25)46(2)38(54)50(30)31-12-13-32(51)44-37(31)53/h3,5,7,19-21,23-24,28,31,35H,8-18,22H2,2H3,(H,43,52)(H,44,51,53). The lowest BCUT2D eigenvalue weighted by atomic mass is 9.85. The number of nitrogens with one attached hydrogen (secondary N) is 2. The number of fused-ring (bicyclic) bond motifs is 1. The van der Waals surface area contributed by atoms with Crippen molar-refractivity contribution in [2.75, 3.05) is 44.6 Å². The fraction of sp³-hybridized carbons (Fsp3) is 0.447. The second-order valence-electron chi connectivity index (χ2n) is 14.1. The molecule has 0 spiro atoms. The predicted molar refractivity (Wildman–Crippen MR) is 195 cm³/mol. The number of carbonyl (C=O) groups is 3. The maximum Gasteiger partial charge on any atom is 0.329 e. The molecule has 1 aliphatic carbocycles. The summed E-state index contributed by atoms with van der Waals surface area (Å²) in [5.74, 6) is 5.59. The van der Waals surface area contributed by atoms with Crippen LogP contribution in [-0.4, -0.2) is 90.7 Å². The van der Waals surface area contributed by atoms with E-state index in [4.69, 9.17) is 6.57 Å². The van der Waals surface area contributed by atoms with Crippen molar-refractivity contribution in [1.29, 1.82) is 0 Å². The van der Waals surface area contributed by atoms with E-state index < -0.39 is 30.0 Å². The molecule has 1 atom stereocenters. The number of pyridine rings is 1. The van der Waals surface area contributed by atoms with Crippen molar-refractivity contribution < 1.29 is 23.2 Å². The highest BCUT2D eigenvalue weighted by atomic mass is 19.3. The van der Waals surface area contributed by atoms with E-state index in [1.807, 2.05) is 12.1 Å². The summed E-state index contributed by atoms with van der Waals surface area (Å²) in [6.45, 7) is 12.2. The summed E-state index contributed by atoms with van der Waals surface area (Å²) >= 11 is 0. The van der Waals surface area contributed by atoms with E-state index in [9.17, 15) is 28.0 Å². The topological polar surface area (TPSA) is 144 Å². The summed E-state index contributed by atoms with van der Waals surface area (Å²) in [5, 5.41) is 9.05. The van der Waals surface area contributed by atoms with Crippen molar-refractivity contribution in [2.45, 2.75) is 57.0 Å². The van der Waals surface area contributed by atoms with Crippen molar-refractivity contribution >= 4 is 40.1 Å². The van der Waals surface area contributed by atoms with Crippen LogP contribution in [0.2, 0.25) is 0 Å². The Morgan fingerprint density at radius 3 is 2.56 bits per heavy atom. The minimum Gasteiger partial charge on any atom is -0.319 e. The number of halogens is 2. The quantitative estimate of drug-likeness (QED) is 0.157. The normalized spacial score (nSPS) is 21.1. The zero-order valence-corrected chi connectivity index (χ0v) is 29.8. The zero-order valence-electron chi connectivity index (χ0n) is 29.8. The van der Waals surface area contributed by atoms with Gasteiger partial charge in [-0.2, -0.15) is 5.10 Å². The predicted octanol–water partition coefficient (Wildman–Crippen LogP) is 4.05. The molecule has 1 unspecified atom stereocenters. The van der Waals surface area contributed by atoms with Crippen LogP contribution in [0, 0.1) is 24.3 Å². The summed E-state index contributed by atoms with van der Waals surface area (Å²) in [7, 11) is 1.67. The number of hydrogen-bond donors (Lipinski definition) is 2. The summed E-state index contributed by atoms with van der Waals surface area (Å²) < 4.78 is 32.4. The summed E-state index contributed by atoms with van der Waals surface area (Å²) in [4.78, 5) is 62.1. The third-order valence-corrected chi connectivity index (χ3v) is 10.7. The second kappa shape index (κ2) is 15.7. The maximum atomic E-state index is 13.9. The molecule has 2 aliphatic heterocycles. The molecule has 1 aromatic carbocycles. The number of benzene rings is 1. The van der Waals surface area contributed by atoms with Gasteiger partial charge in [-0.15, -0.1) is 0 Å². The molecule has 3 aliphatic rings.